The smallest absolute Gasteiger partial charge is 0.409 e. The minimum Gasteiger partial charge on any atom is -0.481 e. The molecule has 0 aromatic heterocycles. The maximum absolute atomic E-state index is 12.3. The van der Waals surface area contributed by atoms with E-state index in [0.717, 1.165) is 12.8 Å². The Kier molecular flexibility index (Phi) is 8.04. The number of amides is 2. The molecule has 26 heavy (non-hydrogen) atoms. The molecular weight excluding hydrogens is 356 g/mol. The molecule has 0 aliphatic carbocycles. The molecule has 1 N–H and O–H groups in total. The molecule has 1 heterocycles. The van der Waals surface area contributed by atoms with Crippen molar-refractivity contribution in [3.63, 3.8) is 0 Å². The molecule has 1 aliphatic rings. The number of halogens is 1. The predicted molar refractivity (Wildman–Crippen MR) is 101 cm³/mol. The van der Waals surface area contributed by atoms with Gasteiger partial charge in [-0.2, -0.15) is 0 Å². The van der Waals surface area contributed by atoms with Gasteiger partial charge in [0.15, 0.2) is 6.10 Å². The summed E-state index contributed by atoms with van der Waals surface area (Å²) in [5.74, 6) is 0.436. The molecule has 1 unspecified atom stereocenters. The van der Waals surface area contributed by atoms with Crippen molar-refractivity contribution < 1.29 is 19.1 Å². The van der Waals surface area contributed by atoms with Crippen molar-refractivity contribution in [2.75, 3.05) is 19.7 Å². The van der Waals surface area contributed by atoms with Gasteiger partial charge in [-0.3, -0.25) is 4.79 Å². The first kappa shape index (κ1) is 20.4. The summed E-state index contributed by atoms with van der Waals surface area (Å²) in [6.07, 6.45) is 2.43. The molecule has 144 valence electrons. The Morgan fingerprint density at radius 1 is 1.27 bits per heavy atom. The van der Waals surface area contributed by atoms with Gasteiger partial charge in [-0.25, -0.2) is 4.79 Å². The van der Waals surface area contributed by atoms with Crippen LogP contribution >= 0.6 is 11.6 Å². The molecule has 2 amide bonds. The van der Waals surface area contributed by atoms with Crippen LogP contribution in [0.3, 0.4) is 0 Å². The van der Waals surface area contributed by atoms with Crippen molar-refractivity contribution in [2.24, 2.45) is 0 Å². The van der Waals surface area contributed by atoms with Crippen LogP contribution in [-0.2, 0) is 9.53 Å². The molecule has 1 atom stereocenters. The molecule has 0 bridgehead atoms. The fourth-order valence-electron chi connectivity index (χ4n) is 2.69. The average molecular weight is 383 g/mol. The molecule has 6 nitrogen and oxygen atoms in total. The largest absolute Gasteiger partial charge is 0.481 e. The van der Waals surface area contributed by atoms with E-state index < -0.39 is 6.10 Å². The summed E-state index contributed by atoms with van der Waals surface area (Å²) >= 11 is 5.84. The summed E-state index contributed by atoms with van der Waals surface area (Å²) in [7, 11) is 0. The third-order valence-corrected chi connectivity index (χ3v) is 4.57. The van der Waals surface area contributed by atoms with Gasteiger partial charge in [0, 0.05) is 24.2 Å². The summed E-state index contributed by atoms with van der Waals surface area (Å²) in [5, 5.41) is 3.61. The van der Waals surface area contributed by atoms with Crippen LogP contribution in [0.1, 0.15) is 39.5 Å². The molecule has 0 spiro atoms. The number of rotatable bonds is 7. The van der Waals surface area contributed by atoms with Gasteiger partial charge in [0.05, 0.1) is 6.61 Å². The SMILES string of the molecule is CCCCOC(=O)N1CCC(NC(=O)C(C)Oc2ccc(Cl)cc2)CC1. The summed E-state index contributed by atoms with van der Waals surface area (Å²) in [4.78, 5) is 25.9. The lowest BCUT2D eigenvalue weighted by Crippen LogP contribution is -2.49. The maximum Gasteiger partial charge on any atom is 0.409 e. The van der Waals surface area contributed by atoms with Crippen molar-refractivity contribution >= 4 is 23.6 Å². The van der Waals surface area contributed by atoms with Crippen LogP contribution in [0, 0.1) is 0 Å². The van der Waals surface area contributed by atoms with Crippen LogP contribution in [0.4, 0.5) is 4.79 Å². The van der Waals surface area contributed by atoms with Crippen molar-refractivity contribution in [2.45, 2.75) is 51.7 Å². The first-order valence-electron chi connectivity index (χ1n) is 9.14. The molecular formula is C19H27ClN2O4. The fourth-order valence-corrected chi connectivity index (χ4v) is 2.82. The first-order valence-corrected chi connectivity index (χ1v) is 9.51. The van der Waals surface area contributed by atoms with Gasteiger partial charge in [-0.15, -0.1) is 0 Å². The highest BCUT2D eigenvalue weighted by Crippen LogP contribution is 2.17. The number of hydrogen-bond acceptors (Lipinski definition) is 4. The van der Waals surface area contributed by atoms with Crippen molar-refractivity contribution in [1.29, 1.82) is 0 Å². The zero-order valence-corrected chi connectivity index (χ0v) is 16.1. The number of carbonyl (C=O) groups is 2. The predicted octanol–water partition coefficient (Wildman–Crippen LogP) is 3.62. The zero-order chi connectivity index (χ0) is 18.9. The van der Waals surface area contributed by atoms with E-state index in [1.54, 1.807) is 36.1 Å². The highest BCUT2D eigenvalue weighted by Gasteiger charge is 2.26. The normalized spacial score (nSPS) is 16.0. The zero-order valence-electron chi connectivity index (χ0n) is 15.4. The first-order chi connectivity index (χ1) is 12.5. The Balaban J connectivity index is 1.71. The van der Waals surface area contributed by atoms with Crippen molar-refractivity contribution in [3.05, 3.63) is 29.3 Å². The van der Waals surface area contributed by atoms with Crippen LogP contribution in [-0.4, -0.2) is 48.7 Å². The number of carbonyl (C=O) groups excluding carboxylic acids is 2. The lowest BCUT2D eigenvalue weighted by Gasteiger charge is -2.32. The van der Waals surface area contributed by atoms with Gasteiger partial charge in [0.1, 0.15) is 5.75 Å². The Morgan fingerprint density at radius 2 is 1.92 bits per heavy atom. The average Bonchev–Trinajstić information content (AvgIpc) is 2.64. The molecule has 1 aliphatic heterocycles. The molecule has 0 saturated carbocycles. The van der Waals surface area contributed by atoms with E-state index in [0.29, 0.717) is 43.3 Å². The van der Waals surface area contributed by atoms with Crippen LogP contribution in [0.25, 0.3) is 0 Å². The monoisotopic (exact) mass is 382 g/mol. The Bertz CT molecular complexity index is 586. The van der Waals surface area contributed by atoms with Crippen LogP contribution in [0.15, 0.2) is 24.3 Å². The van der Waals surface area contributed by atoms with Gasteiger partial charge in [-0.05, 0) is 50.5 Å². The van der Waals surface area contributed by atoms with Crippen molar-refractivity contribution in [3.8, 4) is 5.75 Å². The fraction of sp³-hybridized carbons (Fsp3) is 0.579. The second-order valence-electron chi connectivity index (χ2n) is 6.45. The second-order valence-corrected chi connectivity index (χ2v) is 6.89. The number of ether oxygens (including phenoxy) is 2. The molecule has 1 aromatic rings. The summed E-state index contributed by atoms with van der Waals surface area (Å²) < 4.78 is 10.9. The third-order valence-electron chi connectivity index (χ3n) is 4.32. The van der Waals surface area contributed by atoms with Gasteiger partial charge < -0.3 is 19.7 Å². The minimum atomic E-state index is -0.604. The topological polar surface area (TPSA) is 67.9 Å². The standard InChI is InChI=1S/C19H27ClN2O4/c1-3-4-13-25-19(24)22-11-9-16(10-12-22)21-18(23)14(2)26-17-7-5-15(20)6-8-17/h5-8,14,16H,3-4,9-13H2,1-2H3,(H,21,23). The number of benzene rings is 1. The van der Waals surface area contributed by atoms with Gasteiger partial charge in [0.2, 0.25) is 0 Å². The molecule has 1 saturated heterocycles. The van der Waals surface area contributed by atoms with Crippen LogP contribution in [0.2, 0.25) is 5.02 Å². The molecule has 0 radical (unpaired) electrons. The van der Waals surface area contributed by atoms with Gasteiger partial charge >= 0.3 is 6.09 Å². The number of nitrogens with one attached hydrogen (secondary N) is 1. The highest BCUT2D eigenvalue weighted by atomic mass is 35.5. The molecule has 1 fully saturated rings. The van der Waals surface area contributed by atoms with Crippen LogP contribution < -0.4 is 10.1 Å². The summed E-state index contributed by atoms with van der Waals surface area (Å²) in [6, 6.07) is 6.94. The molecule has 7 heteroatoms. The van der Waals surface area contributed by atoms with Gasteiger partial charge in [0.25, 0.3) is 5.91 Å². The number of unbranched alkanes of at least 4 members (excludes halogenated alkanes) is 1. The van der Waals surface area contributed by atoms with E-state index in [1.807, 2.05) is 0 Å². The van der Waals surface area contributed by atoms with Crippen LogP contribution in [0.5, 0.6) is 5.75 Å². The van der Waals surface area contributed by atoms with E-state index in [2.05, 4.69) is 12.2 Å². The lowest BCUT2D eigenvalue weighted by molar-refractivity contribution is -0.128. The maximum atomic E-state index is 12.3. The molecule has 2 rings (SSSR count). The molecule has 1 aromatic carbocycles. The van der Waals surface area contributed by atoms with Gasteiger partial charge in [-0.1, -0.05) is 24.9 Å². The Labute approximate surface area is 159 Å². The van der Waals surface area contributed by atoms with E-state index >= 15 is 0 Å². The third kappa shape index (κ3) is 6.41. The van der Waals surface area contributed by atoms with E-state index in [-0.39, 0.29) is 18.0 Å². The number of piperidine rings is 1. The van der Waals surface area contributed by atoms with E-state index in [1.165, 1.54) is 0 Å². The van der Waals surface area contributed by atoms with E-state index in [4.69, 9.17) is 21.1 Å². The highest BCUT2D eigenvalue weighted by molar-refractivity contribution is 6.30. The Hall–Kier alpha value is -1.95. The number of hydrogen-bond donors (Lipinski definition) is 1. The van der Waals surface area contributed by atoms with Crippen molar-refractivity contribution in [1.82, 2.24) is 10.2 Å². The minimum absolute atomic E-state index is 0.0402. The summed E-state index contributed by atoms with van der Waals surface area (Å²) in [5.41, 5.74) is 0. The Morgan fingerprint density at radius 3 is 2.54 bits per heavy atom. The number of nitrogens with zero attached hydrogens (tertiary/aromatic N) is 1. The van der Waals surface area contributed by atoms with E-state index in [9.17, 15) is 9.59 Å². The number of likely N-dealkylation sites (tertiary alicyclic amines) is 1. The lowest BCUT2D eigenvalue weighted by atomic mass is 10.1. The second kappa shape index (κ2) is 10.3. The quantitative estimate of drug-likeness (QED) is 0.731. The summed E-state index contributed by atoms with van der Waals surface area (Å²) in [6.45, 7) is 5.40.